The molecule has 104 valence electrons. The molecule has 1 aliphatic carbocycles. The zero-order chi connectivity index (χ0) is 13.7. The lowest BCUT2D eigenvalue weighted by Gasteiger charge is -2.30. The molecule has 4 heteroatoms. The van der Waals surface area contributed by atoms with Crippen LogP contribution in [0.2, 0.25) is 0 Å². The van der Waals surface area contributed by atoms with E-state index in [2.05, 4.69) is 10.3 Å². The van der Waals surface area contributed by atoms with Crippen LogP contribution in [0.3, 0.4) is 0 Å². The molecule has 1 aromatic rings. The lowest BCUT2D eigenvalue weighted by molar-refractivity contribution is -0.128. The topological polar surface area (TPSA) is 68.0 Å². The van der Waals surface area contributed by atoms with Crippen molar-refractivity contribution in [2.24, 2.45) is 17.6 Å². The molecule has 1 aromatic heterocycles. The summed E-state index contributed by atoms with van der Waals surface area (Å²) in [7, 11) is 0. The molecular formula is C15H23N3O. The van der Waals surface area contributed by atoms with E-state index < -0.39 is 0 Å². The SMILES string of the molecule is CC(NC(=O)C1CCCCC1CN)c1ccccn1. The van der Waals surface area contributed by atoms with Crippen molar-refractivity contribution in [2.45, 2.75) is 38.6 Å². The Balaban J connectivity index is 1.96. The molecule has 19 heavy (non-hydrogen) atoms. The number of hydrogen-bond acceptors (Lipinski definition) is 3. The highest BCUT2D eigenvalue weighted by molar-refractivity contribution is 5.79. The first-order chi connectivity index (χ1) is 9.22. The zero-order valence-electron chi connectivity index (χ0n) is 11.5. The van der Waals surface area contributed by atoms with Crippen LogP contribution in [-0.2, 0) is 4.79 Å². The van der Waals surface area contributed by atoms with E-state index in [0.717, 1.165) is 25.0 Å². The van der Waals surface area contributed by atoms with Crippen molar-refractivity contribution < 1.29 is 4.79 Å². The van der Waals surface area contributed by atoms with Crippen LogP contribution in [0.15, 0.2) is 24.4 Å². The molecule has 2 rings (SSSR count). The number of nitrogens with zero attached hydrogens (tertiary/aromatic N) is 1. The Morgan fingerprint density at radius 1 is 1.47 bits per heavy atom. The fourth-order valence-corrected chi connectivity index (χ4v) is 2.86. The number of aromatic nitrogens is 1. The van der Waals surface area contributed by atoms with Crippen LogP contribution in [0.4, 0.5) is 0 Å². The van der Waals surface area contributed by atoms with E-state index in [9.17, 15) is 4.79 Å². The number of hydrogen-bond donors (Lipinski definition) is 2. The molecule has 1 aliphatic rings. The second-order valence-electron chi connectivity index (χ2n) is 5.37. The second-order valence-corrected chi connectivity index (χ2v) is 5.37. The predicted octanol–water partition coefficient (Wildman–Crippen LogP) is 2.02. The Morgan fingerprint density at radius 3 is 2.95 bits per heavy atom. The normalized spacial score (nSPS) is 24.7. The molecule has 0 spiro atoms. The van der Waals surface area contributed by atoms with Gasteiger partial charge in [-0.25, -0.2) is 0 Å². The number of carbonyl (C=O) groups excluding carboxylic acids is 1. The molecule has 3 N–H and O–H groups in total. The minimum absolute atomic E-state index is 0.0472. The maximum atomic E-state index is 12.4. The van der Waals surface area contributed by atoms with Crippen molar-refractivity contribution >= 4 is 5.91 Å². The predicted molar refractivity (Wildman–Crippen MR) is 75.3 cm³/mol. The number of carbonyl (C=O) groups is 1. The average molecular weight is 261 g/mol. The van der Waals surface area contributed by atoms with E-state index in [4.69, 9.17) is 5.73 Å². The van der Waals surface area contributed by atoms with E-state index in [-0.39, 0.29) is 17.9 Å². The first-order valence-corrected chi connectivity index (χ1v) is 7.13. The molecule has 0 radical (unpaired) electrons. The summed E-state index contributed by atoms with van der Waals surface area (Å²) in [6.07, 6.45) is 6.12. The first-order valence-electron chi connectivity index (χ1n) is 7.13. The second kappa shape index (κ2) is 6.66. The van der Waals surface area contributed by atoms with Crippen molar-refractivity contribution in [1.82, 2.24) is 10.3 Å². The van der Waals surface area contributed by atoms with Crippen molar-refractivity contribution in [3.63, 3.8) is 0 Å². The van der Waals surface area contributed by atoms with E-state index >= 15 is 0 Å². The molecule has 0 saturated heterocycles. The quantitative estimate of drug-likeness (QED) is 0.871. The van der Waals surface area contributed by atoms with E-state index in [1.165, 1.54) is 6.42 Å². The average Bonchev–Trinajstić information content (AvgIpc) is 2.48. The molecule has 1 saturated carbocycles. The van der Waals surface area contributed by atoms with Crippen LogP contribution in [0.1, 0.15) is 44.3 Å². The van der Waals surface area contributed by atoms with Gasteiger partial charge >= 0.3 is 0 Å². The minimum Gasteiger partial charge on any atom is -0.348 e. The van der Waals surface area contributed by atoms with Gasteiger partial charge < -0.3 is 11.1 Å². The minimum atomic E-state index is -0.0472. The van der Waals surface area contributed by atoms with Crippen LogP contribution in [0.25, 0.3) is 0 Å². The summed E-state index contributed by atoms with van der Waals surface area (Å²) in [6, 6.07) is 5.71. The number of nitrogens with one attached hydrogen (secondary N) is 1. The molecule has 3 atom stereocenters. The Morgan fingerprint density at radius 2 is 2.26 bits per heavy atom. The van der Waals surface area contributed by atoms with Crippen molar-refractivity contribution in [2.75, 3.05) is 6.54 Å². The Hall–Kier alpha value is -1.42. The van der Waals surface area contributed by atoms with Gasteiger partial charge in [-0.1, -0.05) is 18.9 Å². The van der Waals surface area contributed by atoms with E-state index in [0.29, 0.717) is 12.5 Å². The molecule has 3 unspecified atom stereocenters. The third-order valence-corrected chi connectivity index (χ3v) is 4.04. The summed E-state index contributed by atoms with van der Waals surface area (Å²) in [5, 5.41) is 3.07. The standard InChI is InChI=1S/C15H23N3O/c1-11(14-8-4-5-9-17-14)18-15(19)13-7-3-2-6-12(13)10-16/h4-5,8-9,11-13H,2-3,6-7,10,16H2,1H3,(H,18,19). The third-order valence-electron chi connectivity index (χ3n) is 4.04. The van der Waals surface area contributed by atoms with E-state index in [1.807, 2.05) is 25.1 Å². The molecule has 0 aliphatic heterocycles. The van der Waals surface area contributed by atoms with Gasteiger partial charge in [0.25, 0.3) is 0 Å². The van der Waals surface area contributed by atoms with E-state index in [1.54, 1.807) is 6.20 Å². The summed E-state index contributed by atoms with van der Waals surface area (Å²) < 4.78 is 0. The number of nitrogens with two attached hydrogens (primary N) is 1. The summed E-state index contributed by atoms with van der Waals surface area (Å²) >= 11 is 0. The van der Waals surface area contributed by atoms with Gasteiger partial charge in [0, 0.05) is 12.1 Å². The molecule has 4 nitrogen and oxygen atoms in total. The Bertz CT molecular complexity index is 407. The number of rotatable bonds is 4. The van der Waals surface area contributed by atoms with Crippen LogP contribution in [0, 0.1) is 11.8 Å². The van der Waals surface area contributed by atoms with Gasteiger partial charge in [-0.2, -0.15) is 0 Å². The lowest BCUT2D eigenvalue weighted by Crippen LogP contribution is -2.40. The van der Waals surface area contributed by atoms with Crippen molar-refractivity contribution in [3.05, 3.63) is 30.1 Å². The zero-order valence-corrected chi connectivity index (χ0v) is 11.5. The van der Waals surface area contributed by atoms with Gasteiger partial charge in [-0.15, -0.1) is 0 Å². The van der Waals surface area contributed by atoms with Gasteiger partial charge in [0.1, 0.15) is 0 Å². The maximum absolute atomic E-state index is 12.4. The maximum Gasteiger partial charge on any atom is 0.223 e. The van der Waals surface area contributed by atoms with Crippen LogP contribution >= 0.6 is 0 Å². The number of amides is 1. The third kappa shape index (κ3) is 3.53. The van der Waals surface area contributed by atoms with Crippen LogP contribution < -0.4 is 11.1 Å². The monoisotopic (exact) mass is 261 g/mol. The van der Waals surface area contributed by atoms with Crippen molar-refractivity contribution in [1.29, 1.82) is 0 Å². The van der Waals surface area contributed by atoms with Crippen LogP contribution in [-0.4, -0.2) is 17.4 Å². The summed E-state index contributed by atoms with van der Waals surface area (Å²) in [5.74, 6) is 0.544. The molecule has 1 heterocycles. The summed E-state index contributed by atoms with van der Waals surface area (Å²) in [4.78, 5) is 16.6. The lowest BCUT2D eigenvalue weighted by atomic mass is 9.78. The molecular weight excluding hydrogens is 238 g/mol. The van der Waals surface area contributed by atoms with Gasteiger partial charge in [0.05, 0.1) is 11.7 Å². The molecule has 1 amide bonds. The Labute approximate surface area is 114 Å². The van der Waals surface area contributed by atoms with Gasteiger partial charge in [-0.05, 0) is 44.4 Å². The van der Waals surface area contributed by atoms with Crippen LogP contribution in [0.5, 0.6) is 0 Å². The first kappa shape index (κ1) is 14.0. The highest BCUT2D eigenvalue weighted by atomic mass is 16.2. The molecule has 0 bridgehead atoms. The number of pyridine rings is 1. The highest BCUT2D eigenvalue weighted by Crippen LogP contribution is 2.29. The fourth-order valence-electron chi connectivity index (χ4n) is 2.86. The van der Waals surface area contributed by atoms with Gasteiger partial charge in [-0.3, -0.25) is 9.78 Å². The highest BCUT2D eigenvalue weighted by Gasteiger charge is 2.30. The summed E-state index contributed by atoms with van der Waals surface area (Å²) in [6.45, 7) is 2.58. The molecule has 1 fully saturated rings. The fraction of sp³-hybridized carbons (Fsp3) is 0.600. The Kier molecular flexibility index (Phi) is 4.91. The van der Waals surface area contributed by atoms with Crippen molar-refractivity contribution in [3.8, 4) is 0 Å². The smallest absolute Gasteiger partial charge is 0.223 e. The summed E-state index contributed by atoms with van der Waals surface area (Å²) in [5.41, 5.74) is 6.68. The van der Waals surface area contributed by atoms with Gasteiger partial charge in [0.15, 0.2) is 0 Å². The van der Waals surface area contributed by atoms with Gasteiger partial charge in [0.2, 0.25) is 5.91 Å². The largest absolute Gasteiger partial charge is 0.348 e. The molecule has 0 aromatic carbocycles.